The largest absolute Gasteiger partial charge is 0.393 e. The number of hydrogen-bond donors (Lipinski definition) is 4. The van der Waals surface area contributed by atoms with Crippen LogP contribution in [0, 0.1) is 45.3 Å². The van der Waals surface area contributed by atoms with Gasteiger partial charge in [-0.2, -0.15) is 0 Å². The lowest BCUT2D eigenvalue weighted by molar-refractivity contribution is -0.404. The quantitative estimate of drug-likeness (QED) is 0.435. The highest BCUT2D eigenvalue weighted by molar-refractivity contribution is 5.25. The standard InChI is InChI=1S/C30H48O5/c1-17(2)24(33)21(31)14-18(3)19-8-10-27(6)20(19)15-22(32)25-28(27,7)11-9-23-26(4,5)30(34)13-12-29(23,25)16-35-30/h14,19-25,31-34H,1,8-13,15-16H2,2-7H3/b18-14+/t19-,20-,21?,22-,23+,24?,25+,27-,28-,29?,30+/m1/s1. The van der Waals surface area contributed by atoms with Gasteiger partial charge in [-0.15, -0.1) is 0 Å². The van der Waals surface area contributed by atoms with Gasteiger partial charge in [0.05, 0.1) is 12.7 Å². The molecule has 4 saturated carbocycles. The van der Waals surface area contributed by atoms with Crippen molar-refractivity contribution in [2.24, 2.45) is 45.3 Å². The Kier molecular flexibility index (Phi) is 5.84. The van der Waals surface area contributed by atoms with Crippen LogP contribution in [0.5, 0.6) is 0 Å². The summed E-state index contributed by atoms with van der Waals surface area (Å²) < 4.78 is 6.25. The summed E-state index contributed by atoms with van der Waals surface area (Å²) >= 11 is 0. The summed E-state index contributed by atoms with van der Waals surface area (Å²) in [5.74, 6) is 0.112. The second kappa shape index (κ2) is 7.89. The van der Waals surface area contributed by atoms with E-state index in [1.165, 1.54) is 0 Å². The number of fused-ring (bicyclic) bond motifs is 5. The minimum absolute atomic E-state index is 0.0110. The second-order valence-electron chi connectivity index (χ2n) is 14.2. The van der Waals surface area contributed by atoms with Gasteiger partial charge in [0.25, 0.3) is 0 Å². The molecule has 2 heterocycles. The van der Waals surface area contributed by atoms with Crippen LogP contribution in [0.1, 0.15) is 86.5 Å². The lowest BCUT2D eigenvalue weighted by Crippen LogP contribution is -2.75. The first kappa shape index (κ1) is 25.9. The molecule has 0 aromatic rings. The minimum atomic E-state index is -1.05. The van der Waals surface area contributed by atoms with E-state index in [0.29, 0.717) is 36.4 Å². The van der Waals surface area contributed by atoms with E-state index in [1.54, 1.807) is 6.92 Å². The van der Waals surface area contributed by atoms with Crippen molar-refractivity contribution in [1.82, 2.24) is 0 Å². The van der Waals surface area contributed by atoms with E-state index >= 15 is 0 Å². The number of aliphatic hydroxyl groups excluding tert-OH is 3. The first-order valence-electron chi connectivity index (χ1n) is 13.9. The van der Waals surface area contributed by atoms with Gasteiger partial charge in [0.2, 0.25) is 0 Å². The Morgan fingerprint density at radius 2 is 1.66 bits per heavy atom. The maximum absolute atomic E-state index is 11.9. The molecule has 0 aromatic carbocycles. The molecule has 6 fully saturated rings. The predicted molar refractivity (Wildman–Crippen MR) is 136 cm³/mol. The van der Waals surface area contributed by atoms with Crippen molar-refractivity contribution in [3.63, 3.8) is 0 Å². The first-order chi connectivity index (χ1) is 16.1. The molecule has 5 heteroatoms. The van der Waals surface area contributed by atoms with Crippen LogP contribution in [-0.4, -0.2) is 51.1 Å². The van der Waals surface area contributed by atoms with Crippen molar-refractivity contribution >= 4 is 0 Å². The Bertz CT molecular complexity index is 914. The van der Waals surface area contributed by atoms with Gasteiger partial charge in [0.1, 0.15) is 12.2 Å². The molecule has 1 spiro atoms. The van der Waals surface area contributed by atoms with Crippen LogP contribution in [0.2, 0.25) is 0 Å². The summed E-state index contributed by atoms with van der Waals surface area (Å²) in [6.45, 7) is 17.4. The van der Waals surface area contributed by atoms with Gasteiger partial charge >= 0.3 is 0 Å². The van der Waals surface area contributed by atoms with Crippen LogP contribution in [0.4, 0.5) is 0 Å². The van der Waals surface area contributed by atoms with E-state index in [4.69, 9.17) is 4.74 Å². The first-order valence-corrected chi connectivity index (χ1v) is 13.9. The maximum atomic E-state index is 11.9. The summed E-state index contributed by atoms with van der Waals surface area (Å²) in [5, 5.41) is 44.1. The van der Waals surface area contributed by atoms with E-state index in [0.717, 1.165) is 44.1 Å². The molecule has 198 valence electrons. The fraction of sp³-hybridized carbons (Fsp3) is 0.867. The van der Waals surface area contributed by atoms with Gasteiger partial charge in [-0.1, -0.05) is 45.9 Å². The molecule has 0 aromatic heterocycles. The molecule has 4 aliphatic carbocycles. The average Bonchev–Trinajstić information content (AvgIpc) is 3.12. The number of allylic oxidation sites excluding steroid dienone is 1. The van der Waals surface area contributed by atoms with E-state index < -0.39 is 24.1 Å². The Labute approximate surface area is 211 Å². The van der Waals surface area contributed by atoms with Crippen molar-refractivity contribution in [3.8, 4) is 0 Å². The molecule has 11 atom stereocenters. The lowest BCUT2D eigenvalue weighted by Gasteiger charge is -2.74. The van der Waals surface area contributed by atoms with Gasteiger partial charge in [0.15, 0.2) is 5.79 Å². The molecule has 6 aliphatic rings. The highest BCUT2D eigenvalue weighted by Gasteiger charge is 2.75. The summed E-state index contributed by atoms with van der Waals surface area (Å²) in [6, 6.07) is 0. The summed E-state index contributed by atoms with van der Waals surface area (Å²) in [6.07, 6.45) is 6.18. The Morgan fingerprint density at radius 3 is 2.26 bits per heavy atom. The summed E-state index contributed by atoms with van der Waals surface area (Å²) in [7, 11) is 0. The van der Waals surface area contributed by atoms with Gasteiger partial charge in [-0.3, -0.25) is 0 Å². The zero-order valence-electron chi connectivity index (χ0n) is 22.7. The average molecular weight is 489 g/mol. The van der Waals surface area contributed by atoms with Crippen molar-refractivity contribution in [1.29, 1.82) is 0 Å². The van der Waals surface area contributed by atoms with Gasteiger partial charge in [0, 0.05) is 17.3 Å². The van der Waals surface area contributed by atoms with Crippen LogP contribution < -0.4 is 0 Å². The van der Waals surface area contributed by atoms with E-state index in [1.807, 2.05) is 6.08 Å². The van der Waals surface area contributed by atoms with Crippen molar-refractivity contribution in [3.05, 3.63) is 23.8 Å². The Balaban J connectivity index is 1.49. The van der Waals surface area contributed by atoms with Crippen LogP contribution in [0.3, 0.4) is 0 Å². The number of aliphatic hydroxyl groups is 4. The van der Waals surface area contributed by atoms with Crippen molar-refractivity contribution in [2.45, 2.75) is 111 Å². The molecular weight excluding hydrogens is 440 g/mol. The molecule has 2 aliphatic heterocycles. The Hall–Kier alpha value is -0.720. The van der Waals surface area contributed by atoms with Gasteiger partial charge in [-0.25, -0.2) is 0 Å². The third-order valence-corrected chi connectivity index (χ3v) is 12.6. The van der Waals surface area contributed by atoms with E-state index in [9.17, 15) is 20.4 Å². The van der Waals surface area contributed by atoms with E-state index in [-0.39, 0.29) is 27.6 Å². The molecule has 2 saturated heterocycles. The SMILES string of the molecule is C=C(C)C(O)C(O)/C=C(\C)[C@H]1CC[C@]2(C)[C@@H]1C[C@@H](O)[C@@H]1C34CC[C@](O)(OC3)C(C)(C)[C@@H]4CC[C@]12C. The monoisotopic (exact) mass is 488 g/mol. The molecule has 2 bridgehead atoms. The predicted octanol–water partition coefficient (Wildman–Crippen LogP) is 4.59. The zero-order chi connectivity index (χ0) is 25.8. The third-order valence-electron chi connectivity index (χ3n) is 12.6. The number of rotatable bonds is 4. The third kappa shape index (κ3) is 3.17. The fourth-order valence-electron chi connectivity index (χ4n) is 10.5. The van der Waals surface area contributed by atoms with Crippen LogP contribution >= 0.6 is 0 Å². The Morgan fingerprint density at radius 1 is 1.00 bits per heavy atom. The molecule has 0 amide bonds. The normalized spacial score (nSPS) is 52.3. The zero-order valence-corrected chi connectivity index (χ0v) is 22.7. The van der Waals surface area contributed by atoms with Gasteiger partial charge < -0.3 is 25.2 Å². The van der Waals surface area contributed by atoms with E-state index in [2.05, 4.69) is 41.2 Å². The highest BCUT2D eigenvalue weighted by Crippen LogP contribution is 2.77. The van der Waals surface area contributed by atoms with Crippen LogP contribution in [-0.2, 0) is 4.74 Å². The van der Waals surface area contributed by atoms with Crippen molar-refractivity contribution in [2.75, 3.05) is 6.61 Å². The minimum Gasteiger partial charge on any atom is -0.393 e. The maximum Gasteiger partial charge on any atom is 0.170 e. The number of ether oxygens (including phenoxy) is 1. The molecular formula is C30H48O5. The molecule has 3 unspecified atom stereocenters. The number of hydrogen-bond acceptors (Lipinski definition) is 5. The summed E-state index contributed by atoms with van der Waals surface area (Å²) in [4.78, 5) is 0. The van der Waals surface area contributed by atoms with Crippen LogP contribution in [0.25, 0.3) is 0 Å². The smallest absolute Gasteiger partial charge is 0.170 e. The second-order valence-corrected chi connectivity index (χ2v) is 14.2. The molecule has 0 radical (unpaired) electrons. The molecule has 4 N–H and O–H groups in total. The van der Waals surface area contributed by atoms with Crippen LogP contribution in [0.15, 0.2) is 23.8 Å². The molecule has 5 nitrogen and oxygen atoms in total. The lowest BCUT2D eigenvalue weighted by atomic mass is 9.33. The molecule has 6 rings (SSSR count). The topological polar surface area (TPSA) is 90.2 Å². The highest BCUT2D eigenvalue weighted by atomic mass is 16.6. The fourth-order valence-corrected chi connectivity index (χ4v) is 10.5. The summed E-state index contributed by atoms with van der Waals surface area (Å²) in [5.41, 5.74) is 1.36. The van der Waals surface area contributed by atoms with Crippen molar-refractivity contribution < 1.29 is 25.2 Å². The molecule has 35 heavy (non-hydrogen) atoms. The van der Waals surface area contributed by atoms with Gasteiger partial charge in [-0.05, 0) is 92.4 Å².